The van der Waals surface area contributed by atoms with Gasteiger partial charge in [-0.1, -0.05) is 24.3 Å². The molecule has 138 valence electrons. The van der Waals surface area contributed by atoms with Crippen LogP contribution in [0.1, 0.15) is 5.56 Å². The van der Waals surface area contributed by atoms with Crippen LogP contribution in [0.4, 0.5) is 16.0 Å². The number of carbonyl (C=O) groups is 1. The van der Waals surface area contributed by atoms with Crippen LogP contribution in [0.25, 0.3) is 11.3 Å². The molecule has 0 fully saturated rings. The number of amides is 1. The highest BCUT2D eigenvalue weighted by molar-refractivity contribution is 5.95. The molecule has 1 heterocycles. The minimum atomic E-state index is -0.772. The van der Waals surface area contributed by atoms with Gasteiger partial charge in [-0.15, -0.1) is 0 Å². The molecule has 7 heteroatoms. The molecule has 3 aromatic rings. The molecular formula is C20H20FN5O. The summed E-state index contributed by atoms with van der Waals surface area (Å²) in [6.45, 7) is 0. The summed E-state index contributed by atoms with van der Waals surface area (Å²) in [4.78, 5) is 20.7. The normalized spacial score (nSPS) is 11.7. The van der Waals surface area contributed by atoms with E-state index in [0.717, 1.165) is 11.3 Å². The highest BCUT2D eigenvalue weighted by Gasteiger charge is 2.15. The summed E-state index contributed by atoms with van der Waals surface area (Å²) < 4.78 is 13.2. The molecule has 0 radical (unpaired) electrons. The average Bonchev–Trinajstić information content (AvgIpc) is 2.68. The minimum Gasteiger partial charge on any atom is -0.357 e. The third kappa shape index (κ3) is 4.86. The summed E-state index contributed by atoms with van der Waals surface area (Å²) in [5.41, 5.74) is 8.92. The average molecular weight is 365 g/mol. The second-order valence-electron chi connectivity index (χ2n) is 6.02. The van der Waals surface area contributed by atoms with Gasteiger partial charge in [0.25, 0.3) is 0 Å². The van der Waals surface area contributed by atoms with Crippen LogP contribution < -0.4 is 16.4 Å². The number of nitrogens with two attached hydrogens (primary N) is 1. The largest absolute Gasteiger partial charge is 0.357 e. The summed E-state index contributed by atoms with van der Waals surface area (Å²) in [5, 5.41) is 5.67. The lowest BCUT2D eigenvalue weighted by atomic mass is 10.1. The molecule has 6 nitrogen and oxygen atoms in total. The Morgan fingerprint density at radius 1 is 1.19 bits per heavy atom. The molecule has 1 amide bonds. The maximum absolute atomic E-state index is 13.2. The molecule has 0 aliphatic carbocycles. The number of hydrogen-bond acceptors (Lipinski definition) is 5. The van der Waals surface area contributed by atoms with Gasteiger partial charge in [0, 0.05) is 24.5 Å². The van der Waals surface area contributed by atoms with Crippen LogP contribution in [0, 0.1) is 5.82 Å². The topological polar surface area (TPSA) is 92.9 Å². The Hall–Kier alpha value is -3.32. The zero-order valence-corrected chi connectivity index (χ0v) is 14.8. The summed E-state index contributed by atoms with van der Waals surface area (Å²) in [5.74, 6) is -0.137. The summed E-state index contributed by atoms with van der Waals surface area (Å²) >= 11 is 0. The van der Waals surface area contributed by atoms with E-state index in [4.69, 9.17) is 5.73 Å². The number of anilines is 2. The molecule has 0 aliphatic rings. The van der Waals surface area contributed by atoms with Crippen molar-refractivity contribution in [2.75, 3.05) is 17.7 Å². The van der Waals surface area contributed by atoms with Crippen LogP contribution >= 0.6 is 0 Å². The van der Waals surface area contributed by atoms with Gasteiger partial charge in [-0.05, 0) is 42.3 Å². The number of hydrogen-bond donors (Lipinski definition) is 3. The van der Waals surface area contributed by atoms with E-state index in [-0.39, 0.29) is 18.1 Å². The van der Waals surface area contributed by atoms with Gasteiger partial charge < -0.3 is 16.4 Å². The number of nitrogens with zero attached hydrogens (tertiary/aromatic N) is 2. The van der Waals surface area contributed by atoms with Crippen LogP contribution in [0.3, 0.4) is 0 Å². The van der Waals surface area contributed by atoms with Crippen LogP contribution in [0.15, 0.2) is 60.8 Å². The standard InChI is InChI=1S/C20H20FN5O/c1-23-20-24-10-9-18(26-20)14-5-7-16(8-6-14)25-19(27)17(22)12-13-3-2-4-15(21)11-13/h2-11,17H,12,22H2,1H3,(H,25,27)(H,23,24,26)/t17-/m1/s1. The van der Waals surface area contributed by atoms with E-state index in [0.29, 0.717) is 17.2 Å². The Morgan fingerprint density at radius 3 is 2.67 bits per heavy atom. The molecule has 1 atom stereocenters. The number of rotatable bonds is 6. The van der Waals surface area contributed by atoms with Crippen molar-refractivity contribution >= 4 is 17.5 Å². The first kappa shape index (κ1) is 18.5. The summed E-state index contributed by atoms with van der Waals surface area (Å²) in [6, 6.07) is 14.4. The van der Waals surface area contributed by atoms with Crippen LogP contribution in [-0.2, 0) is 11.2 Å². The monoisotopic (exact) mass is 365 g/mol. The highest BCUT2D eigenvalue weighted by Crippen LogP contribution is 2.20. The number of carbonyl (C=O) groups excluding carboxylic acids is 1. The molecule has 3 rings (SSSR count). The van der Waals surface area contributed by atoms with Gasteiger partial charge >= 0.3 is 0 Å². The Bertz CT molecular complexity index is 930. The third-order valence-electron chi connectivity index (χ3n) is 4.01. The van der Waals surface area contributed by atoms with E-state index in [1.165, 1.54) is 12.1 Å². The van der Waals surface area contributed by atoms with Crippen LogP contribution in [-0.4, -0.2) is 29.0 Å². The molecule has 0 unspecified atom stereocenters. The number of benzene rings is 2. The fraction of sp³-hybridized carbons (Fsp3) is 0.150. The van der Waals surface area contributed by atoms with Gasteiger partial charge in [-0.3, -0.25) is 4.79 Å². The molecular weight excluding hydrogens is 345 g/mol. The minimum absolute atomic E-state index is 0.259. The lowest BCUT2D eigenvalue weighted by Crippen LogP contribution is -2.37. The molecule has 0 spiro atoms. The van der Waals surface area contributed by atoms with E-state index in [2.05, 4.69) is 20.6 Å². The quantitative estimate of drug-likeness (QED) is 0.625. The van der Waals surface area contributed by atoms with Crippen LogP contribution in [0.2, 0.25) is 0 Å². The first-order valence-electron chi connectivity index (χ1n) is 8.47. The molecule has 0 bridgehead atoms. The van der Waals surface area contributed by atoms with E-state index >= 15 is 0 Å². The predicted molar refractivity (Wildman–Crippen MR) is 104 cm³/mol. The molecule has 1 aromatic heterocycles. The Kier molecular flexibility index (Phi) is 5.73. The van der Waals surface area contributed by atoms with E-state index < -0.39 is 6.04 Å². The number of halogens is 1. The fourth-order valence-electron chi connectivity index (χ4n) is 2.61. The van der Waals surface area contributed by atoms with Crippen molar-refractivity contribution in [3.05, 3.63) is 72.2 Å². The first-order valence-corrected chi connectivity index (χ1v) is 8.47. The van der Waals surface area contributed by atoms with Gasteiger partial charge in [0.1, 0.15) is 5.82 Å². The van der Waals surface area contributed by atoms with Gasteiger partial charge in [-0.25, -0.2) is 14.4 Å². The van der Waals surface area contributed by atoms with Gasteiger partial charge in [0.15, 0.2) is 0 Å². The van der Waals surface area contributed by atoms with Crippen molar-refractivity contribution in [2.45, 2.75) is 12.5 Å². The molecule has 0 aliphatic heterocycles. The van der Waals surface area contributed by atoms with E-state index in [1.807, 2.05) is 18.2 Å². The molecule has 2 aromatic carbocycles. The molecule has 0 saturated carbocycles. The maximum Gasteiger partial charge on any atom is 0.241 e. The number of aromatic nitrogens is 2. The van der Waals surface area contributed by atoms with Crippen molar-refractivity contribution in [3.8, 4) is 11.3 Å². The van der Waals surface area contributed by atoms with Crippen LogP contribution in [0.5, 0.6) is 0 Å². The number of nitrogens with one attached hydrogen (secondary N) is 2. The van der Waals surface area contributed by atoms with Crippen molar-refractivity contribution in [3.63, 3.8) is 0 Å². The highest BCUT2D eigenvalue weighted by atomic mass is 19.1. The maximum atomic E-state index is 13.2. The summed E-state index contributed by atoms with van der Waals surface area (Å²) in [7, 11) is 1.75. The Balaban J connectivity index is 1.64. The molecule has 4 N–H and O–H groups in total. The van der Waals surface area contributed by atoms with E-state index in [1.54, 1.807) is 37.5 Å². The SMILES string of the molecule is CNc1nccc(-c2ccc(NC(=O)[C@H](N)Cc3cccc(F)c3)cc2)n1. The lowest BCUT2D eigenvalue weighted by molar-refractivity contribution is -0.117. The van der Waals surface area contributed by atoms with Crippen molar-refractivity contribution in [1.82, 2.24) is 9.97 Å². The second-order valence-corrected chi connectivity index (χ2v) is 6.02. The first-order chi connectivity index (χ1) is 13.0. The Labute approximate surface area is 156 Å². The van der Waals surface area contributed by atoms with E-state index in [9.17, 15) is 9.18 Å². The molecule has 0 saturated heterocycles. The predicted octanol–water partition coefficient (Wildman–Crippen LogP) is 2.83. The zero-order valence-electron chi connectivity index (χ0n) is 14.8. The van der Waals surface area contributed by atoms with Crippen molar-refractivity contribution in [2.24, 2.45) is 5.73 Å². The van der Waals surface area contributed by atoms with Gasteiger partial charge in [0.05, 0.1) is 11.7 Å². The second kappa shape index (κ2) is 8.37. The smallest absolute Gasteiger partial charge is 0.241 e. The summed E-state index contributed by atoms with van der Waals surface area (Å²) in [6.07, 6.45) is 1.94. The third-order valence-corrected chi connectivity index (χ3v) is 4.01. The van der Waals surface area contributed by atoms with Crippen molar-refractivity contribution < 1.29 is 9.18 Å². The van der Waals surface area contributed by atoms with Gasteiger partial charge in [0.2, 0.25) is 11.9 Å². The zero-order chi connectivity index (χ0) is 19.2. The molecule has 27 heavy (non-hydrogen) atoms. The Morgan fingerprint density at radius 2 is 1.96 bits per heavy atom. The fourth-order valence-corrected chi connectivity index (χ4v) is 2.61. The van der Waals surface area contributed by atoms with Gasteiger partial charge in [-0.2, -0.15) is 0 Å². The lowest BCUT2D eigenvalue weighted by Gasteiger charge is -2.13. The van der Waals surface area contributed by atoms with Crippen molar-refractivity contribution in [1.29, 1.82) is 0 Å².